The number of para-hydroxylation sites is 1. The van der Waals surface area contributed by atoms with Crippen LogP contribution in [0.25, 0.3) is 11.0 Å². The first-order valence-electron chi connectivity index (χ1n) is 5.40. The number of fused-ring (bicyclic) bond motifs is 3. The molecule has 0 amide bonds. The number of aromatic nitrogens is 2. The van der Waals surface area contributed by atoms with Crippen molar-refractivity contribution in [2.75, 3.05) is 0 Å². The lowest BCUT2D eigenvalue weighted by Crippen LogP contribution is -2.10. The van der Waals surface area contributed by atoms with Gasteiger partial charge in [0, 0.05) is 19.0 Å². The van der Waals surface area contributed by atoms with Crippen molar-refractivity contribution < 1.29 is 4.92 Å². The Morgan fingerprint density at radius 2 is 2.25 bits per heavy atom. The van der Waals surface area contributed by atoms with E-state index in [0.29, 0.717) is 5.52 Å². The summed E-state index contributed by atoms with van der Waals surface area (Å²) in [4.78, 5) is 15.1. The van der Waals surface area contributed by atoms with Gasteiger partial charge in [0.1, 0.15) is 11.3 Å². The van der Waals surface area contributed by atoms with E-state index in [1.165, 1.54) is 0 Å². The summed E-state index contributed by atoms with van der Waals surface area (Å²) in [7, 11) is 0. The van der Waals surface area contributed by atoms with Crippen molar-refractivity contribution >= 4 is 16.7 Å². The second-order valence-electron chi connectivity index (χ2n) is 4.04. The lowest BCUT2D eigenvalue weighted by molar-refractivity contribution is -0.383. The van der Waals surface area contributed by atoms with E-state index >= 15 is 0 Å². The maximum atomic E-state index is 11.0. The molecule has 0 aliphatic carbocycles. The van der Waals surface area contributed by atoms with Gasteiger partial charge in [-0.1, -0.05) is 6.07 Å². The van der Waals surface area contributed by atoms with Gasteiger partial charge in [-0.3, -0.25) is 10.1 Å². The van der Waals surface area contributed by atoms with Crippen LogP contribution < -0.4 is 0 Å². The number of nitro benzene ring substituents is 1. The molecule has 1 aromatic heterocycles. The second kappa shape index (κ2) is 3.30. The van der Waals surface area contributed by atoms with Gasteiger partial charge in [-0.2, -0.15) is 0 Å². The first kappa shape index (κ1) is 9.33. The molecule has 3 rings (SSSR count). The molecule has 0 bridgehead atoms. The van der Waals surface area contributed by atoms with Gasteiger partial charge in [0.25, 0.3) is 5.69 Å². The molecule has 0 atom stereocenters. The summed E-state index contributed by atoms with van der Waals surface area (Å²) in [5.41, 5.74) is 1.59. The normalized spacial score (nSPS) is 15.0. The van der Waals surface area contributed by atoms with E-state index < -0.39 is 0 Å². The lowest BCUT2D eigenvalue weighted by atomic mass is 10.1. The molecular weight excluding hydrogens is 206 g/mol. The van der Waals surface area contributed by atoms with E-state index in [9.17, 15) is 10.1 Å². The summed E-state index contributed by atoms with van der Waals surface area (Å²) in [5, 5.41) is 11.0. The predicted octanol–water partition coefficient (Wildman–Crippen LogP) is 2.28. The third-order valence-electron chi connectivity index (χ3n) is 3.05. The van der Waals surface area contributed by atoms with Gasteiger partial charge in [-0.15, -0.1) is 0 Å². The maximum Gasteiger partial charge on any atom is 0.295 e. The molecule has 0 N–H and O–H groups in total. The Morgan fingerprint density at radius 1 is 1.38 bits per heavy atom. The fourth-order valence-electron chi connectivity index (χ4n) is 2.35. The Bertz CT molecular complexity index is 574. The number of nitro groups is 1. The summed E-state index contributed by atoms with van der Waals surface area (Å²) in [6.07, 6.45) is 3.12. The molecular formula is C11H11N3O2. The van der Waals surface area contributed by atoms with Crippen molar-refractivity contribution in [3.63, 3.8) is 0 Å². The van der Waals surface area contributed by atoms with Crippen LogP contribution in [0.4, 0.5) is 5.69 Å². The van der Waals surface area contributed by atoms with Crippen LogP contribution in [0, 0.1) is 10.1 Å². The van der Waals surface area contributed by atoms with Crippen LogP contribution in [0.1, 0.15) is 18.7 Å². The second-order valence-corrected chi connectivity index (χ2v) is 4.04. The molecule has 1 aliphatic heterocycles. The Hall–Kier alpha value is -1.91. The van der Waals surface area contributed by atoms with Gasteiger partial charge in [-0.05, 0) is 18.9 Å². The zero-order valence-corrected chi connectivity index (χ0v) is 8.72. The van der Waals surface area contributed by atoms with E-state index in [1.807, 2.05) is 10.6 Å². The number of non-ortho nitro benzene ring substituents is 1. The molecule has 0 saturated heterocycles. The van der Waals surface area contributed by atoms with Crippen molar-refractivity contribution in [2.24, 2.45) is 0 Å². The number of nitrogens with zero attached hydrogens (tertiary/aromatic N) is 3. The molecule has 0 spiro atoms. The summed E-state index contributed by atoms with van der Waals surface area (Å²) < 4.78 is 2.00. The highest BCUT2D eigenvalue weighted by Gasteiger charge is 2.21. The van der Waals surface area contributed by atoms with Crippen molar-refractivity contribution in [1.29, 1.82) is 0 Å². The number of hydrogen-bond acceptors (Lipinski definition) is 3. The first-order valence-corrected chi connectivity index (χ1v) is 5.40. The van der Waals surface area contributed by atoms with E-state index in [-0.39, 0.29) is 10.6 Å². The lowest BCUT2D eigenvalue weighted by Gasteiger charge is -2.13. The SMILES string of the molecule is O=[N+]([O-])c1cccc2nc3n(c12)CCCC3. The Morgan fingerprint density at radius 3 is 3.06 bits per heavy atom. The molecule has 5 heteroatoms. The molecule has 0 unspecified atom stereocenters. The van der Waals surface area contributed by atoms with Gasteiger partial charge in [0.2, 0.25) is 0 Å². The minimum Gasteiger partial charge on any atom is -0.322 e. The summed E-state index contributed by atoms with van der Waals surface area (Å²) in [6, 6.07) is 5.08. The minimum absolute atomic E-state index is 0.165. The number of rotatable bonds is 1. The highest BCUT2D eigenvalue weighted by molar-refractivity contribution is 5.85. The van der Waals surface area contributed by atoms with Crippen LogP contribution in [0.15, 0.2) is 18.2 Å². The van der Waals surface area contributed by atoms with Crippen molar-refractivity contribution in [1.82, 2.24) is 9.55 Å². The molecule has 82 valence electrons. The summed E-state index contributed by atoms with van der Waals surface area (Å²) in [5.74, 6) is 0.982. The van der Waals surface area contributed by atoms with E-state index in [4.69, 9.17) is 0 Å². The standard InChI is InChI=1S/C11H11N3O2/c15-14(16)9-5-3-4-8-11(9)13-7-2-1-6-10(13)12-8/h3-5H,1-2,6-7H2. The van der Waals surface area contributed by atoms with Crippen molar-refractivity contribution in [3.05, 3.63) is 34.1 Å². The average molecular weight is 217 g/mol. The minimum atomic E-state index is -0.327. The highest BCUT2D eigenvalue weighted by atomic mass is 16.6. The predicted molar refractivity (Wildman–Crippen MR) is 59.3 cm³/mol. The zero-order valence-electron chi connectivity index (χ0n) is 8.72. The van der Waals surface area contributed by atoms with Crippen LogP contribution in [0.3, 0.4) is 0 Å². The molecule has 2 heterocycles. The summed E-state index contributed by atoms with van der Waals surface area (Å²) in [6.45, 7) is 0.844. The van der Waals surface area contributed by atoms with Gasteiger partial charge in [0.15, 0.2) is 0 Å². The smallest absolute Gasteiger partial charge is 0.295 e. The van der Waals surface area contributed by atoms with E-state index in [1.54, 1.807) is 12.1 Å². The van der Waals surface area contributed by atoms with Crippen LogP contribution in [0.2, 0.25) is 0 Å². The van der Waals surface area contributed by atoms with Gasteiger partial charge >= 0.3 is 0 Å². The van der Waals surface area contributed by atoms with Crippen molar-refractivity contribution in [2.45, 2.75) is 25.8 Å². The Balaban J connectivity index is 2.36. The van der Waals surface area contributed by atoms with Gasteiger partial charge < -0.3 is 4.57 Å². The van der Waals surface area contributed by atoms with E-state index in [2.05, 4.69) is 4.98 Å². The molecule has 1 aromatic carbocycles. The van der Waals surface area contributed by atoms with Crippen LogP contribution in [-0.2, 0) is 13.0 Å². The summed E-state index contributed by atoms with van der Waals surface area (Å²) >= 11 is 0. The third-order valence-corrected chi connectivity index (χ3v) is 3.05. The molecule has 16 heavy (non-hydrogen) atoms. The Kier molecular flexibility index (Phi) is 1.92. The van der Waals surface area contributed by atoms with Gasteiger partial charge in [-0.25, -0.2) is 4.98 Å². The average Bonchev–Trinajstić information content (AvgIpc) is 2.66. The van der Waals surface area contributed by atoms with E-state index in [0.717, 1.165) is 37.1 Å². The molecule has 1 aliphatic rings. The van der Waals surface area contributed by atoms with Crippen LogP contribution in [-0.4, -0.2) is 14.5 Å². The number of imidazole rings is 1. The van der Waals surface area contributed by atoms with Crippen LogP contribution >= 0.6 is 0 Å². The number of aryl methyl sites for hydroxylation is 2. The van der Waals surface area contributed by atoms with Crippen LogP contribution in [0.5, 0.6) is 0 Å². The Labute approximate surface area is 91.9 Å². The number of hydrogen-bond donors (Lipinski definition) is 0. The fraction of sp³-hybridized carbons (Fsp3) is 0.364. The molecule has 0 radical (unpaired) electrons. The van der Waals surface area contributed by atoms with Gasteiger partial charge in [0.05, 0.1) is 10.4 Å². The largest absolute Gasteiger partial charge is 0.322 e. The monoisotopic (exact) mass is 217 g/mol. The number of benzene rings is 1. The third kappa shape index (κ3) is 1.21. The topological polar surface area (TPSA) is 61.0 Å². The highest BCUT2D eigenvalue weighted by Crippen LogP contribution is 2.29. The molecule has 0 fully saturated rings. The fourth-order valence-corrected chi connectivity index (χ4v) is 2.35. The quantitative estimate of drug-likeness (QED) is 0.543. The van der Waals surface area contributed by atoms with Crippen molar-refractivity contribution in [3.8, 4) is 0 Å². The molecule has 5 nitrogen and oxygen atoms in total. The first-order chi connectivity index (χ1) is 7.77. The zero-order chi connectivity index (χ0) is 11.1. The maximum absolute atomic E-state index is 11.0. The molecule has 2 aromatic rings. The molecule has 0 saturated carbocycles.